The largest absolute Gasteiger partial charge is 0.430 e. The second-order valence-corrected chi connectivity index (χ2v) is 6.63. The summed E-state index contributed by atoms with van der Waals surface area (Å²) in [6.07, 6.45) is 1.23. The minimum atomic E-state index is -0.980. The van der Waals surface area contributed by atoms with E-state index in [0.717, 1.165) is 5.39 Å². The van der Waals surface area contributed by atoms with Gasteiger partial charge in [-0.15, -0.1) is 0 Å². The van der Waals surface area contributed by atoms with E-state index in [-0.39, 0.29) is 29.7 Å². The summed E-state index contributed by atoms with van der Waals surface area (Å²) in [5.41, 5.74) is 1.15. The molecule has 3 aromatic rings. The molecule has 1 aromatic carbocycles. The Morgan fingerprint density at radius 3 is 2.87 bits per heavy atom. The highest BCUT2D eigenvalue weighted by Crippen LogP contribution is 2.20. The lowest BCUT2D eigenvalue weighted by molar-refractivity contribution is -0.122. The Hall–Kier alpha value is -3.30. The second kappa shape index (κ2) is 9.95. The molecule has 1 unspecified atom stereocenters. The predicted octanol–water partition coefficient (Wildman–Crippen LogP) is 3.22. The van der Waals surface area contributed by atoms with E-state index in [1.165, 1.54) is 25.4 Å². The van der Waals surface area contributed by atoms with E-state index in [9.17, 15) is 14.0 Å². The molecular formula is C20H19ClFN5O3. The Bertz CT molecular complexity index is 1070. The summed E-state index contributed by atoms with van der Waals surface area (Å²) < 4.78 is 18.9. The molecule has 0 saturated carbocycles. The highest BCUT2D eigenvalue weighted by molar-refractivity contribution is 6.31. The molecule has 0 aliphatic carbocycles. The molecule has 2 amide bonds. The smallest absolute Gasteiger partial charge is 0.414 e. The van der Waals surface area contributed by atoms with Crippen LogP contribution in [0.5, 0.6) is 0 Å². The average molecular weight is 432 g/mol. The van der Waals surface area contributed by atoms with E-state index in [0.29, 0.717) is 11.1 Å². The van der Waals surface area contributed by atoms with Crippen LogP contribution in [-0.4, -0.2) is 35.2 Å². The number of aromatic nitrogens is 2. The van der Waals surface area contributed by atoms with Crippen LogP contribution in [0, 0.1) is 5.82 Å². The number of rotatable bonds is 7. The van der Waals surface area contributed by atoms with Crippen LogP contribution in [0.25, 0.3) is 10.9 Å². The van der Waals surface area contributed by atoms with Gasteiger partial charge in [0.15, 0.2) is 6.23 Å². The number of anilines is 1. The van der Waals surface area contributed by atoms with Gasteiger partial charge in [-0.1, -0.05) is 29.8 Å². The molecule has 0 aliphatic heterocycles. The van der Waals surface area contributed by atoms with Gasteiger partial charge in [-0.3, -0.25) is 20.4 Å². The molecule has 3 rings (SSSR count). The fourth-order valence-corrected chi connectivity index (χ4v) is 2.83. The number of halogens is 2. The molecule has 2 aromatic heterocycles. The van der Waals surface area contributed by atoms with Gasteiger partial charge in [0.25, 0.3) is 0 Å². The molecule has 30 heavy (non-hydrogen) atoms. The molecule has 0 saturated heterocycles. The molecule has 0 fully saturated rings. The standard InChI is InChI=1S/C20H19ClFN5O3/c1-23-17(28)9-18(26-10-13-4-2-6-14(22)19(13)21)30-20(29)27-16-8-12-5-3-7-24-15(12)11-25-16/h2-8,11,18,26H,9-10H2,1H3,(H,23,28)(H,25,27,29). The predicted molar refractivity (Wildman–Crippen MR) is 110 cm³/mol. The zero-order valence-corrected chi connectivity index (χ0v) is 16.7. The van der Waals surface area contributed by atoms with Gasteiger partial charge in [0.2, 0.25) is 5.91 Å². The van der Waals surface area contributed by atoms with Gasteiger partial charge >= 0.3 is 6.09 Å². The highest BCUT2D eigenvalue weighted by atomic mass is 35.5. The molecule has 10 heteroatoms. The summed E-state index contributed by atoms with van der Waals surface area (Å²) in [6, 6.07) is 9.63. The van der Waals surface area contributed by atoms with Gasteiger partial charge in [0.05, 0.1) is 23.2 Å². The van der Waals surface area contributed by atoms with Crippen molar-refractivity contribution in [3.8, 4) is 0 Å². The third kappa shape index (κ3) is 5.62. The number of hydrogen-bond donors (Lipinski definition) is 3. The SMILES string of the molecule is CNC(=O)CC(NCc1cccc(F)c1Cl)OC(=O)Nc1cc2cccnc2cn1. The van der Waals surface area contributed by atoms with Gasteiger partial charge in [-0.05, 0) is 23.8 Å². The summed E-state index contributed by atoms with van der Waals surface area (Å²) in [5.74, 6) is -0.637. The number of fused-ring (bicyclic) bond motifs is 1. The third-order valence-electron chi connectivity index (χ3n) is 4.17. The molecular weight excluding hydrogens is 413 g/mol. The van der Waals surface area contributed by atoms with Gasteiger partial charge in [0, 0.05) is 25.2 Å². The molecule has 0 radical (unpaired) electrons. The van der Waals surface area contributed by atoms with E-state index < -0.39 is 18.1 Å². The lowest BCUT2D eigenvalue weighted by Gasteiger charge is -2.19. The number of nitrogens with zero attached hydrogens (tertiary/aromatic N) is 2. The van der Waals surface area contributed by atoms with Crippen LogP contribution in [0.4, 0.5) is 15.0 Å². The first-order valence-corrected chi connectivity index (χ1v) is 9.39. The van der Waals surface area contributed by atoms with Crippen LogP contribution < -0.4 is 16.0 Å². The fourth-order valence-electron chi connectivity index (χ4n) is 2.64. The number of amides is 2. The van der Waals surface area contributed by atoms with Crippen LogP contribution in [0.2, 0.25) is 5.02 Å². The number of carbonyl (C=O) groups is 2. The molecule has 2 heterocycles. The number of nitrogens with one attached hydrogen (secondary N) is 3. The van der Waals surface area contributed by atoms with E-state index in [1.807, 2.05) is 6.07 Å². The van der Waals surface area contributed by atoms with Crippen molar-refractivity contribution in [3.63, 3.8) is 0 Å². The third-order valence-corrected chi connectivity index (χ3v) is 4.59. The lowest BCUT2D eigenvalue weighted by Crippen LogP contribution is -2.39. The molecule has 0 bridgehead atoms. The van der Waals surface area contributed by atoms with Crippen molar-refractivity contribution in [1.29, 1.82) is 0 Å². The normalized spacial score (nSPS) is 11.7. The van der Waals surface area contributed by atoms with Crippen LogP contribution in [0.1, 0.15) is 12.0 Å². The van der Waals surface area contributed by atoms with Crippen molar-refractivity contribution in [2.24, 2.45) is 0 Å². The first-order valence-electron chi connectivity index (χ1n) is 9.01. The number of ether oxygens (including phenoxy) is 1. The maximum Gasteiger partial charge on any atom is 0.414 e. The van der Waals surface area contributed by atoms with E-state index in [4.69, 9.17) is 16.3 Å². The van der Waals surface area contributed by atoms with Crippen molar-refractivity contribution in [2.75, 3.05) is 12.4 Å². The van der Waals surface area contributed by atoms with Crippen LogP contribution in [-0.2, 0) is 16.1 Å². The zero-order valence-electron chi connectivity index (χ0n) is 16.0. The van der Waals surface area contributed by atoms with Crippen molar-refractivity contribution >= 4 is 40.3 Å². The number of carbonyl (C=O) groups excluding carboxylic acids is 2. The molecule has 0 spiro atoms. The quantitative estimate of drug-likeness (QED) is 0.496. The summed E-state index contributed by atoms with van der Waals surface area (Å²) in [6.45, 7) is 0.0887. The fraction of sp³-hybridized carbons (Fsp3) is 0.200. The Labute approximate surface area is 176 Å². The van der Waals surface area contributed by atoms with Gasteiger partial charge in [-0.25, -0.2) is 14.2 Å². The Morgan fingerprint density at radius 2 is 2.07 bits per heavy atom. The van der Waals surface area contributed by atoms with Crippen molar-refractivity contribution < 1.29 is 18.7 Å². The van der Waals surface area contributed by atoms with Gasteiger partial charge in [0.1, 0.15) is 11.6 Å². The monoisotopic (exact) mass is 431 g/mol. The minimum Gasteiger partial charge on any atom is -0.430 e. The molecule has 3 N–H and O–H groups in total. The highest BCUT2D eigenvalue weighted by Gasteiger charge is 2.19. The second-order valence-electron chi connectivity index (χ2n) is 6.26. The Kier molecular flexibility index (Phi) is 7.10. The Balaban J connectivity index is 1.66. The number of benzene rings is 1. The van der Waals surface area contributed by atoms with Crippen molar-refractivity contribution in [3.05, 3.63) is 65.2 Å². The van der Waals surface area contributed by atoms with Gasteiger partial charge in [-0.2, -0.15) is 0 Å². The zero-order chi connectivity index (χ0) is 21.5. The maximum atomic E-state index is 13.6. The summed E-state index contributed by atoms with van der Waals surface area (Å²) in [7, 11) is 1.47. The van der Waals surface area contributed by atoms with E-state index >= 15 is 0 Å². The number of hydrogen-bond acceptors (Lipinski definition) is 6. The van der Waals surface area contributed by atoms with E-state index in [1.54, 1.807) is 24.4 Å². The number of pyridine rings is 2. The Morgan fingerprint density at radius 1 is 1.23 bits per heavy atom. The minimum absolute atomic E-state index is 0.0397. The van der Waals surface area contributed by atoms with Crippen LogP contribution in [0.15, 0.2) is 48.8 Å². The molecule has 156 valence electrons. The van der Waals surface area contributed by atoms with E-state index in [2.05, 4.69) is 25.9 Å². The molecule has 1 atom stereocenters. The first kappa shape index (κ1) is 21.4. The summed E-state index contributed by atoms with van der Waals surface area (Å²) in [5, 5.41) is 8.62. The van der Waals surface area contributed by atoms with Crippen LogP contribution >= 0.6 is 11.6 Å². The molecule has 8 nitrogen and oxygen atoms in total. The van der Waals surface area contributed by atoms with Crippen molar-refractivity contribution in [1.82, 2.24) is 20.6 Å². The lowest BCUT2D eigenvalue weighted by atomic mass is 10.2. The maximum absolute atomic E-state index is 13.6. The summed E-state index contributed by atoms with van der Waals surface area (Å²) >= 11 is 5.94. The molecule has 0 aliphatic rings. The summed E-state index contributed by atoms with van der Waals surface area (Å²) in [4.78, 5) is 32.4. The van der Waals surface area contributed by atoms with Crippen molar-refractivity contribution in [2.45, 2.75) is 19.2 Å². The average Bonchev–Trinajstić information content (AvgIpc) is 2.74. The first-order chi connectivity index (χ1) is 14.5. The topological polar surface area (TPSA) is 105 Å². The van der Waals surface area contributed by atoms with Gasteiger partial charge < -0.3 is 10.1 Å². The van der Waals surface area contributed by atoms with Crippen LogP contribution in [0.3, 0.4) is 0 Å².